The van der Waals surface area contributed by atoms with Crippen molar-refractivity contribution in [2.24, 2.45) is 5.41 Å². The van der Waals surface area contributed by atoms with Crippen LogP contribution in [0.2, 0.25) is 0 Å². The maximum Gasteiger partial charge on any atom is 0.0954 e. The average Bonchev–Trinajstić information content (AvgIpc) is 3.07. The van der Waals surface area contributed by atoms with Crippen molar-refractivity contribution in [1.29, 1.82) is 5.26 Å². The van der Waals surface area contributed by atoms with Gasteiger partial charge in [0.05, 0.1) is 26.7 Å². The highest BCUT2D eigenvalue weighted by molar-refractivity contribution is 7.18. The molecule has 0 N–H and O–H groups in total. The monoisotopic (exact) mass is 290 g/mol. The number of thiazole rings is 1. The molecule has 0 fully saturated rings. The molecule has 0 amide bonds. The van der Waals surface area contributed by atoms with Gasteiger partial charge >= 0.3 is 0 Å². The molecule has 0 saturated carbocycles. The van der Waals surface area contributed by atoms with Crippen LogP contribution in [0.4, 0.5) is 0 Å². The summed E-state index contributed by atoms with van der Waals surface area (Å²) in [5.41, 5.74) is 3.36. The van der Waals surface area contributed by atoms with Crippen molar-refractivity contribution in [3.8, 4) is 6.07 Å². The molecular formula is C18H14N2S. The van der Waals surface area contributed by atoms with Crippen LogP contribution in [0.1, 0.15) is 16.1 Å². The number of fused-ring (bicyclic) bond motifs is 2. The number of nitriles is 1. The van der Waals surface area contributed by atoms with Crippen LogP contribution in [-0.2, 0) is 19.3 Å². The summed E-state index contributed by atoms with van der Waals surface area (Å²) < 4.78 is 1.20. The zero-order valence-corrected chi connectivity index (χ0v) is 12.4. The second kappa shape index (κ2) is 4.68. The van der Waals surface area contributed by atoms with Gasteiger partial charge in [-0.3, -0.25) is 0 Å². The fourth-order valence-electron chi connectivity index (χ4n) is 3.22. The normalized spacial score (nSPS) is 15.8. The quantitative estimate of drug-likeness (QED) is 0.711. The summed E-state index contributed by atoms with van der Waals surface area (Å²) in [5, 5.41) is 10.8. The Labute approximate surface area is 127 Å². The van der Waals surface area contributed by atoms with Crippen LogP contribution < -0.4 is 0 Å². The highest BCUT2D eigenvalue weighted by Gasteiger charge is 2.38. The summed E-state index contributed by atoms with van der Waals surface area (Å²) in [4.78, 5) is 4.70. The van der Waals surface area contributed by atoms with E-state index in [0.29, 0.717) is 0 Å². The predicted molar refractivity (Wildman–Crippen MR) is 85.2 cm³/mol. The van der Waals surface area contributed by atoms with E-state index in [1.807, 2.05) is 18.2 Å². The van der Waals surface area contributed by atoms with E-state index in [1.54, 1.807) is 11.3 Å². The summed E-state index contributed by atoms with van der Waals surface area (Å²) >= 11 is 1.71. The third-order valence-electron chi connectivity index (χ3n) is 4.24. The first-order chi connectivity index (χ1) is 10.3. The van der Waals surface area contributed by atoms with Crippen molar-refractivity contribution >= 4 is 21.6 Å². The van der Waals surface area contributed by atoms with Gasteiger partial charge in [0.2, 0.25) is 0 Å². The van der Waals surface area contributed by atoms with Crippen LogP contribution in [-0.4, -0.2) is 4.98 Å². The Kier molecular flexibility index (Phi) is 2.80. The largest absolute Gasteiger partial charge is 0.241 e. The summed E-state index contributed by atoms with van der Waals surface area (Å²) in [7, 11) is 0. The van der Waals surface area contributed by atoms with Crippen molar-refractivity contribution < 1.29 is 0 Å². The maximum absolute atomic E-state index is 9.75. The first-order valence-corrected chi connectivity index (χ1v) is 7.92. The van der Waals surface area contributed by atoms with Gasteiger partial charge in [-0.1, -0.05) is 36.4 Å². The standard InChI is InChI=1S/C18H14N2S/c19-12-18(9-13-5-1-2-6-14(13)10-18)11-17-20-15-7-3-4-8-16(15)21-17/h1-8H,9-11H2. The van der Waals surface area contributed by atoms with Gasteiger partial charge < -0.3 is 0 Å². The summed E-state index contributed by atoms with van der Waals surface area (Å²) in [6.45, 7) is 0. The summed E-state index contributed by atoms with van der Waals surface area (Å²) in [5.74, 6) is 0. The van der Waals surface area contributed by atoms with Crippen LogP contribution in [0.25, 0.3) is 10.2 Å². The predicted octanol–water partition coefficient (Wildman–Crippen LogP) is 4.15. The minimum absolute atomic E-state index is 0.322. The van der Waals surface area contributed by atoms with Crippen LogP contribution >= 0.6 is 11.3 Å². The second-order valence-corrected chi connectivity index (χ2v) is 6.88. The van der Waals surface area contributed by atoms with Crippen LogP contribution in [0, 0.1) is 16.7 Å². The lowest BCUT2D eigenvalue weighted by atomic mass is 9.83. The number of hydrogen-bond acceptors (Lipinski definition) is 3. The first-order valence-electron chi connectivity index (χ1n) is 7.11. The molecule has 21 heavy (non-hydrogen) atoms. The molecule has 0 spiro atoms. The van der Waals surface area contributed by atoms with E-state index < -0.39 is 0 Å². The Hall–Kier alpha value is -2.18. The summed E-state index contributed by atoms with van der Waals surface area (Å²) in [6, 6.07) is 19.2. The SMILES string of the molecule is N#CC1(Cc2nc3ccccc3s2)Cc2ccccc2C1. The van der Waals surface area contributed by atoms with Crippen molar-refractivity contribution in [2.75, 3.05) is 0 Å². The van der Waals surface area contributed by atoms with Gasteiger partial charge in [0.1, 0.15) is 0 Å². The lowest BCUT2D eigenvalue weighted by molar-refractivity contribution is 0.418. The van der Waals surface area contributed by atoms with Gasteiger partial charge in [-0.25, -0.2) is 4.98 Å². The van der Waals surface area contributed by atoms with Gasteiger partial charge in [-0.15, -0.1) is 11.3 Å². The zero-order valence-electron chi connectivity index (χ0n) is 11.5. The van der Waals surface area contributed by atoms with Crippen molar-refractivity contribution in [1.82, 2.24) is 4.98 Å². The number of aromatic nitrogens is 1. The molecule has 0 bridgehead atoms. The van der Waals surface area contributed by atoms with E-state index in [4.69, 9.17) is 4.98 Å². The molecule has 2 nitrogen and oxygen atoms in total. The lowest BCUT2D eigenvalue weighted by Gasteiger charge is -2.18. The molecule has 4 rings (SSSR count). The molecule has 1 heterocycles. The molecule has 3 aromatic rings. The lowest BCUT2D eigenvalue weighted by Crippen LogP contribution is -2.22. The van der Waals surface area contributed by atoms with Crippen LogP contribution in [0.3, 0.4) is 0 Å². The van der Waals surface area contributed by atoms with E-state index >= 15 is 0 Å². The Morgan fingerprint density at radius 3 is 2.38 bits per heavy atom. The molecule has 1 aromatic heterocycles. The Morgan fingerprint density at radius 2 is 1.71 bits per heavy atom. The van der Waals surface area contributed by atoms with Gasteiger partial charge in [0, 0.05) is 6.42 Å². The number of benzene rings is 2. The molecule has 3 heteroatoms. The number of rotatable bonds is 2. The van der Waals surface area contributed by atoms with Crippen molar-refractivity contribution in [3.63, 3.8) is 0 Å². The Bertz CT molecular complexity index is 799. The molecule has 1 aliphatic carbocycles. The number of para-hydroxylation sites is 1. The van der Waals surface area contributed by atoms with Gasteiger partial charge in [-0.05, 0) is 36.1 Å². The van der Waals surface area contributed by atoms with Gasteiger partial charge in [-0.2, -0.15) is 5.26 Å². The molecule has 2 aromatic carbocycles. The summed E-state index contributed by atoms with van der Waals surface area (Å²) in [6.07, 6.45) is 2.43. The molecule has 0 saturated heterocycles. The fraction of sp³-hybridized carbons (Fsp3) is 0.222. The molecule has 0 radical (unpaired) electrons. The minimum Gasteiger partial charge on any atom is -0.241 e. The van der Waals surface area contributed by atoms with E-state index in [0.717, 1.165) is 29.8 Å². The first kappa shape index (κ1) is 12.6. The molecule has 1 aliphatic rings. The molecule has 0 atom stereocenters. The highest BCUT2D eigenvalue weighted by atomic mass is 32.1. The van der Waals surface area contributed by atoms with Crippen molar-refractivity contribution in [2.45, 2.75) is 19.3 Å². The van der Waals surface area contributed by atoms with E-state index in [2.05, 4.69) is 36.4 Å². The molecule has 0 unspecified atom stereocenters. The maximum atomic E-state index is 9.75. The fourth-order valence-corrected chi connectivity index (χ4v) is 4.33. The highest BCUT2D eigenvalue weighted by Crippen LogP contribution is 2.40. The van der Waals surface area contributed by atoms with Crippen LogP contribution in [0.15, 0.2) is 48.5 Å². The third kappa shape index (κ3) is 2.12. The average molecular weight is 290 g/mol. The molecular weight excluding hydrogens is 276 g/mol. The Balaban J connectivity index is 1.68. The topological polar surface area (TPSA) is 36.7 Å². The molecule has 102 valence electrons. The van der Waals surface area contributed by atoms with E-state index in [9.17, 15) is 5.26 Å². The smallest absolute Gasteiger partial charge is 0.0954 e. The van der Waals surface area contributed by atoms with E-state index in [-0.39, 0.29) is 5.41 Å². The zero-order chi connectivity index (χ0) is 14.3. The van der Waals surface area contributed by atoms with Crippen molar-refractivity contribution in [3.05, 3.63) is 64.7 Å². The van der Waals surface area contributed by atoms with E-state index in [1.165, 1.54) is 15.8 Å². The third-order valence-corrected chi connectivity index (χ3v) is 5.28. The van der Waals surface area contributed by atoms with Gasteiger partial charge in [0.25, 0.3) is 0 Å². The molecule has 0 aliphatic heterocycles. The van der Waals surface area contributed by atoms with Crippen LogP contribution in [0.5, 0.6) is 0 Å². The van der Waals surface area contributed by atoms with Gasteiger partial charge in [0.15, 0.2) is 0 Å². The second-order valence-electron chi connectivity index (χ2n) is 5.77. The number of hydrogen-bond donors (Lipinski definition) is 0. The minimum atomic E-state index is -0.322. The Morgan fingerprint density at radius 1 is 1.05 bits per heavy atom. The number of nitrogens with zero attached hydrogens (tertiary/aromatic N) is 2.